The molecule has 0 aliphatic carbocycles. The van der Waals surface area contributed by atoms with Crippen molar-refractivity contribution in [2.75, 3.05) is 0 Å². The van der Waals surface area contributed by atoms with Gasteiger partial charge in [0, 0.05) is 11.6 Å². The molecule has 0 unspecified atom stereocenters. The SMILES string of the molecule is CC(C)(C)n1c(CO)nnc1-c1ccc([N+](=O)[O-])s1. The van der Waals surface area contributed by atoms with Crippen LogP contribution in [0.1, 0.15) is 26.6 Å². The molecule has 2 heterocycles. The van der Waals surface area contributed by atoms with E-state index in [2.05, 4.69) is 10.2 Å². The molecule has 0 fully saturated rings. The van der Waals surface area contributed by atoms with Gasteiger partial charge in [-0.3, -0.25) is 10.1 Å². The number of hydrogen-bond acceptors (Lipinski definition) is 6. The molecule has 7 nitrogen and oxygen atoms in total. The summed E-state index contributed by atoms with van der Waals surface area (Å²) >= 11 is 1.04. The summed E-state index contributed by atoms with van der Waals surface area (Å²) in [6, 6.07) is 3.09. The van der Waals surface area contributed by atoms with E-state index in [-0.39, 0.29) is 17.1 Å². The van der Waals surface area contributed by atoms with Gasteiger partial charge in [-0.25, -0.2) is 0 Å². The minimum Gasteiger partial charge on any atom is -0.388 e. The van der Waals surface area contributed by atoms with E-state index in [1.807, 2.05) is 20.8 Å². The molecule has 0 spiro atoms. The second-order valence-electron chi connectivity index (χ2n) is 5.00. The van der Waals surface area contributed by atoms with Crippen LogP contribution in [-0.2, 0) is 12.1 Å². The summed E-state index contributed by atoms with van der Waals surface area (Å²) in [5.74, 6) is 0.980. The van der Waals surface area contributed by atoms with Gasteiger partial charge in [0.2, 0.25) is 0 Å². The van der Waals surface area contributed by atoms with Gasteiger partial charge in [-0.1, -0.05) is 11.3 Å². The minimum absolute atomic E-state index is 0.0593. The maximum atomic E-state index is 10.7. The Bertz CT molecular complexity index is 612. The highest BCUT2D eigenvalue weighted by molar-refractivity contribution is 7.18. The highest BCUT2D eigenvalue weighted by Crippen LogP contribution is 2.34. The van der Waals surface area contributed by atoms with Crippen molar-refractivity contribution in [3.8, 4) is 10.7 Å². The topological polar surface area (TPSA) is 94.1 Å². The van der Waals surface area contributed by atoms with Gasteiger partial charge >= 0.3 is 5.00 Å². The highest BCUT2D eigenvalue weighted by atomic mass is 32.1. The second-order valence-corrected chi connectivity index (χ2v) is 6.06. The normalized spacial score (nSPS) is 11.8. The lowest BCUT2D eigenvalue weighted by molar-refractivity contribution is -0.380. The van der Waals surface area contributed by atoms with E-state index in [0.29, 0.717) is 16.5 Å². The third-order valence-electron chi connectivity index (χ3n) is 2.53. The molecule has 0 aromatic carbocycles. The van der Waals surface area contributed by atoms with Crippen LogP contribution in [0.25, 0.3) is 10.7 Å². The molecule has 0 atom stereocenters. The molecule has 0 radical (unpaired) electrons. The van der Waals surface area contributed by atoms with Crippen LogP contribution in [-0.4, -0.2) is 24.8 Å². The fourth-order valence-corrected chi connectivity index (χ4v) is 2.62. The Hall–Kier alpha value is -1.80. The Morgan fingerprint density at radius 2 is 2.11 bits per heavy atom. The van der Waals surface area contributed by atoms with E-state index in [0.717, 1.165) is 11.3 Å². The molecule has 0 aliphatic heterocycles. The van der Waals surface area contributed by atoms with Crippen molar-refractivity contribution in [3.05, 3.63) is 28.1 Å². The molecule has 0 bridgehead atoms. The smallest absolute Gasteiger partial charge is 0.324 e. The van der Waals surface area contributed by atoms with Gasteiger partial charge in [-0.2, -0.15) is 0 Å². The molecule has 2 aromatic rings. The van der Waals surface area contributed by atoms with E-state index < -0.39 is 4.92 Å². The number of aromatic nitrogens is 3. The van der Waals surface area contributed by atoms with Gasteiger partial charge in [-0.15, -0.1) is 10.2 Å². The number of aliphatic hydroxyl groups is 1. The number of thiophene rings is 1. The van der Waals surface area contributed by atoms with Gasteiger partial charge < -0.3 is 9.67 Å². The van der Waals surface area contributed by atoms with Crippen molar-refractivity contribution in [2.45, 2.75) is 32.9 Å². The quantitative estimate of drug-likeness (QED) is 0.687. The van der Waals surface area contributed by atoms with Gasteiger partial charge in [0.05, 0.1) is 9.80 Å². The number of aliphatic hydroxyl groups excluding tert-OH is 1. The number of rotatable bonds is 3. The van der Waals surface area contributed by atoms with Crippen LogP contribution in [0.4, 0.5) is 5.00 Å². The first-order chi connectivity index (χ1) is 8.84. The summed E-state index contributed by atoms with van der Waals surface area (Å²) in [4.78, 5) is 11.0. The minimum atomic E-state index is -0.432. The number of hydrogen-bond donors (Lipinski definition) is 1. The summed E-state index contributed by atoms with van der Waals surface area (Å²) < 4.78 is 1.79. The van der Waals surface area contributed by atoms with Gasteiger partial charge in [-0.05, 0) is 26.8 Å². The lowest BCUT2D eigenvalue weighted by Gasteiger charge is -2.24. The van der Waals surface area contributed by atoms with Crippen molar-refractivity contribution < 1.29 is 10.0 Å². The lowest BCUT2D eigenvalue weighted by Crippen LogP contribution is -2.25. The van der Waals surface area contributed by atoms with Gasteiger partial charge in [0.15, 0.2) is 11.6 Å². The number of nitro groups is 1. The van der Waals surface area contributed by atoms with E-state index in [1.165, 1.54) is 6.07 Å². The Morgan fingerprint density at radius 3 is 2.58 bits per heavy atom. The van der Waals surface area contributed by atoms with Crippen molar-refractivity contribution >= 4 is 16.3 Å². The zero-order chi connectivity index (χ0) is 14.2. The van der Waals surface area contributed by atoms with E-state index in [9.17, 15) is 15.2 Å². The molecule has 8 heteroatoms. The zero-order valence-corrected chi connectivity index (χ0v) is 11.6. The van der Waals surface area contributed by atoms with Gasteiger partial charge in [0.1, 0.15) is 6.61 Å². The summed E-state index contributed by atoms with van der Waals surface area (Å²) in [7, 11) is 0. The Labute approximate surface area is 113 Å². The molecule has 1 N–H and O–H groups in total. The first-order valence-corrected chi connectivity index (χ1v) is 6.46. The van der Waals surface area contributed by atoms with Crippen LogP contribution >= 0.6 is 11.3 Å². The maximum Gasteiger partial charge on any atom is 0.324 e. The second kappa shape index (κ2) is 4.71. The summed E-state index contributed by atoms with van der Waals surface area (Å²) in [6.07, 6.45) is 0. The molecule has 0 saturated carbocycles. The first-order valence-electron chi connectivity index (χ1n) is 5.65. The molecule has 0 aliphatic rings. The van der Waals surface area contributed by atoms with Crippen molar-refractivity contribution in [2.24, 2.45) is 0 Å². The van der Waals surface area contributed by atoms with Crippen molar-refractivity contribution in [1.29, 1.82) is 0 Å². The van der Waals surface area contributed by atoms with Crippen LogP contribution < -0.4 is 0 Å². The fourth-order valence-electron chi connectivity index (χ4n) is 1.83. The van der Waals surface area contributed by atoms with Crippen LogP contribution in [0, 0.1) is 10.1 Å². The fraction of sp³-hybridized carbons (Fsp3) is 0.455. The van der Waals surface area contributed by atoms with Crippen molar-refractivity contribution in [1.82, 2.24) is 14.8 Å². The van der Waals surface area contributed by atoms with Crippen LogP contribution in [0.5, 0.6) is 0 Å². The van der Waals surface area contributed by atoms with E-state index in [4.69, 9.17) is 0 Å². The standard InChI is InChI=1S/C11H14N4O3S/c1-11(2,3)14-8(6-16)12-13-10(14)7-4-5-9(19-7)15(17)18/h4-5,16H,6H2,1-3H3. The molecule has 2 aromatic heterocycles. The molecule has 0 saturated heterocycles. The van der Waals surface area contributed by atoms with Gasteiger partial charge in [0.25, 0.3) is 0 Å². The Morgan fingerprint density at radius 1 is 1.42 bits per heavy atom. The average molecular weight is 282 g/mol. The predicted octanol–water partition coefficient (Wildman–Crippen LogP) is 2.16. The largest absolute Gasteiger partial charge is 0.388 e. The highest BCUT2D eigenvalue weighted by Gasteiger charge is 2.25. The van der Waals surface area contributed by atoms with Crippen molar-refractivity contribution in [3.63, 3.8) is 0 Å². The zero-order valence-electron chi connectivity index (χ0n) is 10.8. The molecule has 19 heavy (non-hydrogen) atoms. The summed E-state index contributed by atoms with van der Waals surface area (Å²) in [5.41, 5.74) is -0.324. The van der Waals surface area contributed by atoms with Crippen LogP contribution in [0.3, 0.4) is 0 Å². The van der Waals surface area contributed by atoms with Crippen LogP contribution in [0.15, 0.2) is 12.1 Å². The maximum absolute atomic E-state index is 10.7. The Balaban J connectivity index is 2.56. The lowest BCUT2D eigenvalue weighted by atomic mass is 10.1. The van der Waals surface area contributed by atoms with Crippen LogP contribution in [0.2, 0.25) is 0 Å². The third kappa shape index (κ3) is 2.49. The number of nitrogens with zero attached hydrogens (tertiary/aromatic N) is 4. The molecular formula is C11H14N4O3S. The third-order valence-corrected chi connectivity index (χ3v) is 3.57. The summed E-state index contributed by atoms with van der Waals surface area (Å²) in [5, 5.41) is 28.1. The molecular weight excluding hydrogens is 268 g/mol. The average Bonchev–Trinajstić information content (AvgIpc) is 2.94. The summed E-state index contributed by atoms with van der Waals surface area (Å²) in [6.45, 7) is 5.65. The Kier molecular flexibility index (Phi) is 3.38. The molecule has 0 amide bonds. The predicted molar refractivity (Wildman–Crippen MR) is 70.9 cm³/mol. The first kappa shape index (κ1) is 13.6. The van der Waals surface area contributed by atoms with E-state index in [1.54, 1.807) is 10.6 Å². The molecule has 2 rings (SSSR count). The monoisotopic (exact) mass is 282 g/mol. The molecule has 102 valence electrons. The van der Waals surface area contributed by atoms with E-state index >= 15 is 0 Å².